The molecule has 3 rings (SSSR count). The van der Waals surface area contributed by atoms with Crippen LogP contribution in [0.1, 0.15) is 12.5 Å². The Bertz CT molecular complexity index is 794. The molecule has 3 aromatic rings. The lowest BCUT2D eigenvalue weighted by molar-refractivity contribution is -0.114. The van der Waals surface area contributed by atoms with E-state index in [0.717, 1.165) is 17.0 Å². The molecule has 0 bridgehead atoms. The van der Waals surface area contributed by atoms with E-state index in [2.05, 4.69) is 41.7 Å². The van der Waals surface area contributed by atoms with E-state index in [1.807, 2.05) is 42.5 Å². The SMILES string of the molecule is CC(=O)Nc1ccc(OCc2ccc(-c3ccccc3)cc2)cc1. The zero-order valence-corrected chi connectivity index (χ0v) is 13.5. The summed E-state index contributed by atoms with van der Waals surface area (Å²) in [6.45, 7) is 2.00. The van der Waals surface area contributed by atoms with Gasteiger partial charge in [0, 0.05) is 12.6 Å². The van der Waals surface area contributed by atoms with Crippen molar-refractivity contribution in [3.63, 3.8) is 0 Å². The van der Waals surface area contributed by atoms with E-state index in [1.165, 1.54) is 18.1 Å². The zero-order chi connectivity index (χ0) is 16.8. The minimum absolute atomic E-state index is 0.0813. The van der Waals surface area contributed by atoms with Crippen LogP contribution in [-0.2, 0) is 11.4 Å². The van der Waals surface area contributed by atoms with Crippen molar-refractivity contribution in [2.24, 2.45) is 0 Å². The highest BCUT2D eigenvalue weighted by atomic mass is 16.5. The summed E-state index contributed by atoms with van der Waals surface area (Å²) in [7, 11) is 0. The molecule has 0 saturated heterocycles. The second-order valence-corrected chi connectivity index (χ2v) is 5.56. The first kappa shape index (κ1) is 15.8. The van der Waals surface area contributed by atoms with Gasteiger partial charge in [-0.05, 0) is 41.0 Å². The third-order valence-corrected chi connectivity index (χ3v) is 3.64. The molecule has 0 heterocycles. The fourth-order valence-electron chi connectivity index (χ4n) is 2.43. The van der Waals surface area contributed by atoms with Crippen molar-refractivity contribution >= 4 is 11.6 Å². The number of hydrogen-bond donors (Lipinski definition) is 1. The van der Waals surface area contributed by atoms with E-state index in [9.17, 15) is 4.79 Å². The molecule has 0 aliphatic rings. The number of hydrogen-bond acceptors (Lipinski definition) is 2. The topological polar surface area (TPSA) is 38.3 Å². The van der Waals surface area contributed by atoms with Crippen molar-refractivity contribution < 1.29 is 9.53 Å². The first-order valence-corrected chi connectivity index (χ1v) is 7.85. The number of rotatable bonds is 5. The molecule has 0 saturated carbocycles. The van der Waals surface area contributed by atoms with E-state index >= 15 is 0 Å². The van der Waals surface area contributed by atoms with E-state index in [1.54, 1.807) is 0 Å². The highest BCUT2D eigenvalue weighted by Gasteiger charge is 2.00. The van der Waals surface area contributed by atoms with E-state index in [4.69, 9.17) is 4.74 Å². The summed E-state index contributed by atoms with van der Waals surface area (Å²) in [4.78, 5) is 11.0. The molecule has 0 atom stereocenters. The van der Waals surface area contributed by atoms with Gasteiger partial charge in [-0.15, -0.1) is 0 Å². The van der Waals surface area contributed by atoms with Crippen molar-refractivity contribution in [3.8, 4) is 16.9 Å². The lowest BCUT2D eigenvalue weighted by Gasteiger charge is -2.08. The summed E-state index contributed by atoms with van der Waals surface area (Å²) < 4.78 is 5.78. The smallest absolute Gasteiger partial charge is 0.221 e. The second kappa shape index (κ2) is 7.47. The van der Waals surface area contributed by atoms with Crippen LogP contribution in [0, 0.1) is 0 Å². The van der Waals surface area contributed by atoms with Gasteiger partial charge in [-0.3, -0.25) is 4.79 Å². The Hall–Kier alpha value is -3.07. The maximum Gasteiger partial charge on any atom is 0.221 e. The number of benzene rings is 3. The van der Waals surface area contributed by atoms with Crippen LogP contribution in [0.4, 0.5) is 5.69 Å². The summed E-state index contributed by atoms with van der Waals surface area (Å²) in [5, 5.41) is 2.73. The van der Waals surface area contributed by atoms with E-state index in [0.29, 0.717) is 6.61 Å². The van der Waals surface area contributed by atoms with Gasteiger partial charge in [0.05, 0.1) is 0 Å². The molecule has 0 radical (unpaired) electrons. The normalized spacial score (nSPS) is 10.2. The lowest BCUT2D eigenvalue weighted by atomic mass is 10.0. The van der Waals surface area contributed by atoms with Gasteiger partial charge in [0.1, 0.15) is 12.4 Å². The van der Waals surface area contributed by atoms with Gasteiger partial charge in [-0.1, -0.05) is 54.6 Å². The first-order chi connectivity index (χ1) is 11.7. The van der Waals surface area contributed by atoms with Crippen molar-refractivity contribution in [2.45, 2.75) is 13.5 Å². The molecule has 0 fully saturated rings. The van der Waals surface area contributed by atoms with Gasteiger partial charge < -0.3 is 10.1 Å². The van der Waals surface area contributed by atoms with Gasteiger partial charge in [0.25, 0.3) is 0 Å². The summed E-state index contributed by atoms with van der Waals surface area (Å²) in [6.07, 6.45) is 0. The van der Waals surface area contributed by atoms with Crippen LogP contribution >= 0.6 is 0 Å². The quantitative estimate of drug-likeness (QED) is 0.727. The molecule has 0 unspecified atom stereocenters. The molecule has 0 aromatic heterocycles. The number of nitrogens with one attached hydrogen (secondary N) is 1. The Kier molecular flexibility index (Phi) is 4.92. The monoisotopic (exact) mass is 317 g/mol. The summed E-state index contributed by atoms with van der Waals surface area (Å²) in [5.41, 5.74) is 4.28. The summed E-state index contributed by atoms with van der Waals surface area (Å²) in [5.74, 6) is 0.693. The predicted octanol–water partition coefficient (Wildman–Crippen LogP) is 4.89. The fraction of sp³-hybridized carbons (Fsp3) is 0.0952. The Morgan fingerprint density at radius 3 is 2.08 bits per heavy atom. The van der Waals surface area contributed by atoms with Crippen LogP contribution in [-0.4, -0.2) is 5.91 Å². The van der Waals surface area contributed by atoms with Crippen LogP contribution in [0.5, 0.6) is 5.75 Å². The van der Waals surface area contributed by atoms with Gasteiger partial charge >= 0.3 is 0 Å². The molecule has 3 aromatic carbocycles. The van der Waals surface area contributed by atoms with Crippen LogP contribution < -0.4 is 10.1 Å². The van der Waals surface area contributed by atoms with Crippen molar-refractivity contribution in [1.82, 2.24) is 0 Å². The maximum atomic E-state index is 11.0. The van der Waals surface area contributed by atoms with Crippen molar-refractivity contribution in [2.75, 3.05) is 5.32 Å². The molecular weight excluding hydrogens is 298 g/mol. The summed E-state index contributed by atoms with van der Waals surface area (Å²) >= 11 is 0. The third kappa shape index (κ3) is 4.23. The standard InChI is InChI=1S/C21H19NO2/c1-16(23)22-20-11-13-21(14-12-20)24-15-17-7-9-19(10-8-17)18-5-3-2-4-6-18/h2-14H,15H2,1H3,(H,22,23). The lowest BCUT2D eigenvalue weighted by Crippen LogP contribution is -2.05. The van der Waals surface area contributed by atoms with Gasteiger partial charge in [-0.25, -0.2) is 0 Å². The first-order valence-electron chi connectivity index (χ1n) is 7.85. The fourth-order valence-corrected chi connectivity index (χ4v) is 2.43. The third-order valence-electron chi connectivity index (χ3n) is 3.64. The number of amides is 1. The molecule has 1 amide bonds. The van der Waals surface area contributed by atoms with Crippen molar-refractivity contribution in [3.05, 3.63) is 84.4 Å². The van der Waals surface area contributed by atoms with Crippen LogP contribution in [0.25, 0.3) is 11.1 Å². The zero-order valence-electron chi connectivity index (χ0n) is 13.5. The van der Waals surface area contributed by atoms with Gasteiger partial charge in [-0.2, -0.15) is 0 Å². The van der Waals surface area contributed by atoms with Gasteiger partial charge in [0.15, 0.2) is 0 Å². The molecule has 0 aliphatic carbocycles. The highest BCUT2D eigenvalue weighted by molar-refractivity contribution is 5.88. The van der Waals surface area contributed by atoms with Gasteiger partial charge in [0.2, 0.25) is 5.91 Å². The molecule has 0 aliphatic heterocycles. The number of carbonyl (C=O) groups excluding carboxylic acids is 1. The Morgan fingerprint density at radius 2 is 1.46 bits per heavy atom. The molecular formula is C21H19NO2. The minimum atomic E-state index is -0.0813. The van der Waals surface area contributed by atoms with Crippen LogP contribution in [0.3, 0.4) is 0 Å². The average Bonchev–Trinajstić information content (AvgIpc) is 2.62. The van der Waals surface area contributed by atoms with Crippen LogP contribution in [0.15, 0.2) is 78.9 Å². The van der Waals surface area contributed by atoms with E-state index in [-0.39, 0.29) is 5.91 Å². The van der Waals surface area contributed by atoms with E-state index < -0.39 is 0 Å². The Morgan fingerprint density at radius 1 is 0.833 bits per heavy atom. The summed E-state index contributed by atoms with van der Waals surface area (Å²) in [6, 6.07) is 26.0. The number of carbonyl (C=O) groups is 1. The molecule has 0 spiro atoms. The van der Waals surface area contributed by atoms with Crippen molar-refractivity contribution in [1.29, 1.82) is 0 Å². The number of anilines is 1. The largest absolute Gasteiger partial charge is 0.489 e. The molecule has 3 nitrogen and oxygen atoms in total. The molecule has 3 heteroatoms. The molecule has 1 N–H and O–H groups in total. The second-order valence-electron chi connectivity index (χ2n) is 5.56. The molecule has 24 heavy (non-hydrogen) atoms. The molecule has 120 valence electrons. The minimum Gasteiger partial charge on any atom is -0.489 e. The average molecular weight is 317 g/mol. The Balaban J connectivity index is 1.59. The predicted molar refractivity (Wildman–Crippen MR) is 97.0 cm³/mol. The number of ether oxygens (including phenoxy) is 1. The van der Waals surface area contributed by atoms with Crippen LogP contribution in [0.2, 0.25) is 0 Å². The Labute approximate surface area is 141 Å². The maximum absolute atomic E-state index is 11.0. The highest BCUT2D eigenvalue weighted by Crippen LogP contribution is 2.21.